The van der Waals surface area contributed by atoms with E-state index in [1.54, 1.807) is 0 Å². The molecule has 0 aromatic rings. The van der Waals surface area contributed by atoms with Crippen molar-refractivity contribution in [2.45, 2.75) is 38.6 Å². The van der Waals surface area contributed by atoms with Gasteiger partial charge in [-0.25, -0.2) is 0 Å². The van der Waals surface area contributed by atoms with E-state index in [1.165, 1.54) is 31.4 Å². The molecule has 0 bridgehead atoms. The monoisotopic (exact) mass is 182 g/mol. The van der Waals surface area contributed by atoms with Gasteiger partial charge in [0.2, 0.25) is 0 Å². The molecule has 1 heterocycles. The van der Waals surface area contributed by atoms with Gasteiger partial charge in [-0.1, -0.05) is 0 Å². The first-order valence-corrected chi connectivity index (χ1v) is 5.23. The molecule has 3 nitrogen and oxygen atoms in total. The third-order valence-corrected chi connectivity index (χ3v) is 2.75. The molecule has 1 saturated carbocycles. The predicted molar refractivity (Wildman–Crippen MR) is 52.8 cm³/mol. The van der Waals surface area contributed by atoms with Crippen molar-refractivity contribution in [1.82, 2.24) is 5.43 Å². The zero-order valence-corrected chi connectivity index (χ0v) is 8.25. The Balaban J connectivity index is 1.78. The van der Waals surface area contributed by atoms with Crippen LogP contribution in [0, 0.1) is 5.92 Å². The Kier molecular flexibility index (Phi) is 2.83. The van der Waals surface area contributed by atoms with Crippen LogP contribution in [0.15, 0.2) is 5.10 Å². The highest BCUT2D eigenvalue weighted by atomic mass is 16.5. The van der Waals surface area contributed by atoms with Crippen LogP contribution in [0.25, 0.3) is 0 Å². The van der Waals surface area contributed by atoms with Gasteiger partial charge in [0.25, 0.3) is 0 Å². The maximum absolute atomic E-state index is 5.42. The lowest BCUT2D eigenvalue weighted by atomic mass is 9.98. The predicted octanol–water partition coefficient (Wildman–Crippen LogP) is 1.54. The molecule has 1 aliphatic heterocycles. The van der Waals surface area contributed by atoms with E-state index < -0.39 is 0 Å². The molecule has 2 fully saturated rings. The third kappa shape index (κ3) is 2.69. The number of hydrogen-bond acceptors (Lipinski definition) is 3. The standard InChI is InChI=1S/C10H18N2O/c1-8(11-12-10-4-5-10)9-3-2-6-13-7-9/h9-10,12H,2-7H2,1H3/b11-8+. The third-order valence-electron chi connectivity index (χ3n) is 2.75. The van der Waals surface area contributed by atoms with E-state index in [2.05, 4.69) is 17.5 Å². The van der Waals surface area contributed by atoms with Crippen LogP contribution in [-0.4, -0.2) is 25.0 Å². The molecule has 74 valence electrons. The van der Waals surface area contributed by atoms with Crippen molar-refractivity contribution in [2.75, 3.05) is 13.2 Å². The molecule has 1 N–H and O–H groups in total. The Hall–Kier alpha value is -0.570. The van der Waals surface area contributed by atoms with Gasteiger partial charge >= 0.3 is 0 Å². The minimum Gasteiger partial charge on any atom is -0.381 e. The van der Waals surface area contributed by atoms with Gasteiger partial charge in [-0.2, -0.15) is 5.10 Å². The first kappa shape index (κ1) is 9.00. The molecule has 3 heteroatoms. The Morgan fingerprint density at radius 2 is 2.23 bits per heavy atom. The summed E-state index contributed by atoms with van der Waals surface area (Å²) in [6.45, 7) is 3.90. The number of nitrogens with zero attached hydrogens (tertiary/aromatic N) is 1. The molecule has 2 aliphatic rings. The second-order valence-electron chi connectivity index (χ2n) is 4.07. The van der Waals surface area contributed by atoms with E-state index in [9.17, 15) is 0 Å². The highest BCUT2D eigenvalue weighted by Gasteiger charge is 2.21. The number of nitrogens with one attached hydrogen (secondary N) is 1. The summed E-state index contributed by atoms with van der Waals surface area (Å²) in [6, 6.07) is 0.666. The van der Waals surface area contributed by atoms with Crippen molar-refractivity contribution in [1.29, 1.82) is 0 Å². The van der Waals surface area contributed by atoms with Crippen molar-refractivity contribution in [3.8, 4) is 0 Å². The smallest absolute Gasteiger partial charge is 0.0547 e. The molecular weight excluding hydrogens is 164 g/mol. The molecule has 1 aliphatic carbocycles. The van der Waals surface area contributed by atoms with Crippen LogP contribution in [0.1, 0.15) is 32.6 Å². The lowest BCUT2D eigenvalue weighted by Gasteiger charge is -2.21. The Morgan fingerprint density at radius 1 is 1.38 bits per heavy atom. The summed E-state index contributed by atoms with van der Waals surface area (Å²) in [5, 5.41) is 4.40. The molecule has 0 aromatic carbocycles. The fraction of sp³-hybridized carbons (Fsp3) is 0.900. The second-order valence-corrected chi connectivity index (χ2v) is 4.07. The van der Waals surface area contributed by atoms with Gasteiger partial charge in [-0.15, -0.1) is 0 Å². The van der Waals surface area contributed by atoms with E-state index in [4.69, 9.17) is 4.74 Å². The van der Waals surface area contributed by atoms with Crippen LogP contribution < -0.4 is 5.43 Å². The van der Waals surface area contributed by atoms with Gasteiger partial charge in [0, 0.05) is 24.3 Å². The summed E-state index contributed by atoms with van der Waals surface area (Å²) >= 11 is 0. The molecule has 13 heavy (non-hydrogen) atoms. The van der Waals surface area contributed by atoms with Gasteiger partial charge in [-0.3, -0.25) is 0 Å². The van der Waals surface area contributed by atoms with Crippen molar-refractivity contribution in [3.63, 3.8) is 0 Å². The largest absolute Gasteiger partial charge is 0.381 e. The summed E-state index contributed by atoms with van der Waals surface area (Å²) < 4.78 is 5.42. The van der Waals surface area contributed by atoms with Crippen molar-refractivity contribution in [3.05, 3.63) is 0 Å². The Bertz CT molecular complexity index is 193. The van der Waals surface area contributed by atoms with Crippen molar-refractivity contribution >= 4 is 5.71 Å². The molecule has 2 rings (SSSR count). The van der Waals surface area contributed by atoms with E-state index in [-0.39, 0.29) is 0 Å². The summed E-state index contributed by atoms with van der Waals surface area (Å²) in [5.41, 5.74) is 4.40. The van der Waals surface area contributed by atoms with Crippen LogP contribution in [0.5, 0.6) is 0 Å². The van der Waals surface area contributed by atoms with Crippen LogP contribution in [0.4, 0.5) is 0 Å². The molecule has 1 atom stereocenters. The lowest BCUT2D eigenvalue weighted by molar-refractivity contribution is 0.0766. The SMILES string of the molecule is C/C(=N\NC1CC1)C1CCCOC1. The van der Waals surface area contributed by atoms with Gasteiger partial charge in [0.1, 0.15) is 0 Å². The van der Waals surface area contributed by atoms with Crippen LogP contribution in [0.3, 0.4) is 0 Å². The number of ether oxygens (including phenoxy) is 1. The Morgan fingerprint density at radius 3 is 2.85 bits per heavy atom. The van der Waals surface area contributed by atoms with Crippen LogP contribution in [-0.2, 0) is 4.74 Å². The lowest BCUT2D eigenvalue weighted by Crippen LogP contribution is -2.25. The fourth-order valence-electron chi connectivity index (χ4n) is 1.57. The molecule has 0 amide bonds. The van der Waals surface area contributed by atoms with Crippen LogP contribution in [0.2, 0.25) is 0 Å². The fourth-order valence-corrected chi connectivity index (χ4v) is 1.57. The molecule has 1 saturated heterocycles. The summed E-state index contributed by atoms with van der Waals surface area (Å²) in [5.74, 6) is 0.556. The van der Waals surface area contributed by atoms with E-state index in [0.29, 0.717) is 12.0 Å². The average molecular weight is 182 g/mol. The number of hydrogen-bond donors (Lipinski definition) is 1. The zero-order chi connectivity index (χ0) is 9.10. The minimum absolute atomic E-state index is 0.556. The number of rotatable bonds is 3. The van der Waals surface area contributed by atoms with E-state index in [1.807, 2.05) is 0 Å². The molecule has 1 unspecified atom stereocenters. The first-order chi connectivity index (χ1) is 6.36. The highest BCUT2D eigenvalue weighted by Crippen LogP contribution is 2.19. The molecular formula is C10H18N2O. The van der Waals surface area contributed by atoms with Crippen molar-refractivity contribution < 1.29 is 4.74 Å². The van der Waals surface area contributed by atoms with E-state index >= 15 is 0 Å². The second kappa shape index (κ2) is 4.09. The van der Waals surface area contributed by atoms with Gasteiger partial charge < -0.3 is 10.2 Å². The topological polar surface area (TPSA) is 33.6 Å². The summed E-state index contributed by atoms with van der Waals surface area (Å²) in [4.78, 5) is 0. The summed E-state index contributed by atoms with van der Waals surface area (Å²) in [7, 11) is 0. The highest BCUT2D eigenvalue weighted by molar-refractivity contribution is 5.84. The van der Waals surface area contributed by atoms with Crippen LogP contribution >= 0.6 is 0 Å². The molecule has 0 spiro atoms. The van der Waals surface area contributed by atoms with Gasteiger partial charge in [0.15, 0.2) is 0 Å². The van der Waals surface area contributed by atoms with Crippen molar-refractivity contribution in [2.24, 2.45) is 11.0 Å². The quantitative estimate of drug-likeness (QED) is 0.530. The van der Waals surface area contributed by atoms with E-state index in [0.717, 1.165) is 13.2 Å². The normalized spacial score (nSPS) is 30.2. The average Bonchev–Trinajstić information content (AvgIpc) is 2.99. The number of hydrazone groups is 1. The van der Waals surface area contributed by atoms with Gasteiger partial charge in [-0.05, 0) is 32.6 Å². The zero-order valence-electron chi connectivity index (χ0n) is 8.25. The Labute approximate surface area is 79.5 Å². The maximum Gasteiger partial charge on any atom is 0.0547 e. The maximum atomic E-state index is 5.42. The molecule has 0 radical (unpaired) electrons. The minimum atomic E-state index is 0.556. The van der Waals surface area contributed by atoms with Gasteiger partial charge in [0.05, 0.1) is 6.61 Å². The molecule has 0 aromatic heterocycles. The summed E-state index contributed by atoms with van der Waals surface area (Å²) in [6.07, 6.45) is 5.00. The first-order valence-electron chi connectivity index (χ1n) is 5.23.